The van der Waals surface area contributed by atoms with E-state index in [1.165, 1.54) is 0 Å². The first-order valence-electron chi connectivity index (χ1n) is 7.17. The lowest BCUT2D eigenvalue weighted by Gasteiger charge is -2.11. The number of carbonyl (C=O) groups is 3. The number of rotatable bonds is 7. The number of carboxylic acids is 1. The van der Waals surface area contributed by atoms with Crippen molar-refractivity contribution in [1.82, 2.24) is 10.6 Å². The van der Waals surface area contributed by atoms with Gasteiger partial charge in [-0.05, 0) is 25.2 Å². The summed E-state index contributed by atoms with van der Waals surface area (Å²) in [5.41, 5.74) is 0. The lowest BCUT2D eigenvalue weighted by atomic mass is 10.0. The van der Waals surface area contributed by atoms with Crippen molar-refractivity contribution in [1.29, 1.82) is 0 Å². The van der Waals surface area contributed by atoms with E-state index in [4.69, 9.17) is 5.11 Å². The molecular formula is C14H24N2O4. The van der Waals surface area contributed by atoms with Crippen LogP contribution in [0.3, 0.4) is 0 Å². The van der Waals surface area contributed by atoms with Crippen molar-refractivity contribution in [3.05, 3.63) is 0 Å². The van der Waals surface area contributed by atoms with E-state index in [1.54, 1.807) is 0 Å². The van der Waals surface area contributed by atoms with Gasteiger partial charge < -0.3 is 15.7 Å². The first-order valence-corrected chi connectivity index (χ1v) is 7.17. The number of amides is 2. The SMILES string of the molecule is CC(C)CNC(=O)CCNC(=O)[C@@H]1CC[C@H](C(=O)O)C1. The van der Waals surface area contributed by atoms with Crippen molar-refractivity contribution in [2.75, 3.05) is 13.1 Å². The highest BCUT2D eigenvalue weighted by atomic mass is 16.4. The second kappa shape index (κ2) is 7.87. The fourth-order valence-electron chi connectivity index (χ4n) is 2.29. The second-order valence-corrected chi connectivity index (χ2v) is 5.78. The first kappa shape index (κ1) is 16.5. The van der Waals surface area contributed by atoms with Gasteiger partial charge in [-0.25, -0.2) is 0 Å². The third-order valence-corrected chi connectivity index (χ3v) is 3.51. The van der Waals surface area contributed by atoms with Crippen LogP contribution in [0.15, 0.2) is 0 Å². The highest BCUT2D eigenvalue weighted by Gasteiger charge is 2.33. The third-order valence-electron chi connectivity index (χ3n) is 3.51. The van der Waals surface area contributed by atoms with E-state index in [0.717, 1.165) is 0 Å². The molecular weight excluding hydrogens is 260 g/mol. The molecule has 6 heteroatoms. The van der Waals surface area contributed by atoms with Crippen molar-refractivity contribution in [3.63, 3.8) is 0 Å². The van der Waals surface area contributed by atoms with E-state index in [9.17, 15) is 14.4 Å². The number of hydrogen-bond acceptors (Lipinski definition) is 3. The summed E-state index contributed by atoms with van der Waals surface area (Å²) in [6.45, 7) is 4.97. The summed E-state index contributed by atoms with van der Waals surface area (Å²) in [7, 11) is 0. The van der Waals surface area contributed by atoms with Crippen molar-refractivity contribution >= 4 is 17.8 Å². The predicted molar refractivity (Wildman–Crippen MR) is 73.9 cm³/mol. The Morgan fingerprint density at radius 1 is 1.15 bits per heavy atom. The molecule has 0 heterocycles. The van der Waals surface area contributed by atoms with Gasteiger partial charge >= 0.3 is 5.97 Å². The Morgan fingerprint density at radius 2 is 1.80 bits per heavy atom. The lowest BCUT2D eigenvalue weighted by Crippen LogP contribution is -2.34. The van der Waals surface area contributed by atoms with Crippen LogP contribution in [0.1, 0.15) is 39.5 Å². The fraction of sp³-hybridized carbons (Fsp3) is 0.786. The summed E-state index contributed by atoms with van der Waals surface area (Å²) in [5, 5.41) is 14.4. The number of nitrogens with one attached hydrogen (secondary N) is 2. The standard InChI is InChI=1S/C14H24N2O4/c1-9(2)8-16-12(17)5-6-15-13(18)10-3-4-11(7-10)14(19)20/h9-11H,3-8H2,1-2H3,(H,15,18)(H,16,17)(H,19,20)/t10-,11+/m1/s1. The van der Waals surface area contributed by atoms with Gasteiger partial charge in [-0.1, -0.05) is 13.8 Å². The zero-order chi connectivity index (χ0) is 15.1. The van der Waals surface area contributed by atoms with E-state index in [1.807, 2.05) is 13.8 Å². The predicted octanol–water partition coefficient (Wildman–Crippen LogP) is 0.766. The molecule has 0 aromatic rings. The van der Waals surface area contributed by atoms with E-state index in [-0.39, 0.29) is 24.2 Å². The molecule has 20 heavy (non-hydrogen) atoms. The highest BCUT2D eigenvalue weighted by Crippen LogP contribution is 2.30. The quantitative estimate of drug-likeness (QED) is 0.643. The monoisotopic (exact) mass is 284 g/mol. The molecule has 2 atom stereocenters. The molecule has 0 unspecified atom stereocenters. The molecule has 0 bridgehead atoms. The summed E-state index contributed by atoms with van der Waals surface area (Å²) in [4.78, 5) is 34.1. The Kier molecular flexibility index (Phi) is 6.48. The van der Waals surface area contributed by atoms with Crippen LogP contribution in [0, 0.1) is 17.8 Å². The molecule has 1 rings (SSSR count). The zero-order valence-electron chi connectivity index (χ0n) is 12.1. The van der Waals surface area contributed by atoms with Gasteiger partial charge in [0.25, 0.3) is 0 Å². The van der Waals surface area contributed by atoms with Crippen LogP contribution in [0.25, 0.3) is 0 Å². The smallest absolute Gasteiger partial charge is 0.306 e. The molecule has 0 aromatic carbocycles. The molecule has 1 saturated carbocycles. The first-order chi connectivity index (χ1) is 9.40. The molecule has 1 aliphatic rings. The molecule has 114 valence electrons. The van der Waals surface area contributed by atoms with Crippen molar-refractivity contribution in [3.8, 4) is 0 Å². The van der Waals surface area contributed by atoms with Crippen LogP contribution >= 0.6 is 0 Å². The van der Waals surface area contributed by atoms with Gasteiger partial charge in [-0.2, -0.15) is 0 Å². The van der Waals surface area contributed by atoms with E-state index in [0.29, 0.717) is 38.3 Å². The maximum atomic E-state index is 11.8. The van der Waals surface area contributed by atoms with Gasteiger partial charge in [0.05, 0.1) is 5.92 Å². The van der Waals surface area contributed by atoms with Crippen LogP contribution in [-0.4, -0.2) is 36.0 Å². The van der Waals surface area contributed by atoms with E-state index in [2.05, 4.69) is 10.6 Å². The summed E-state index contributed by atoms with van der Waals surface area (Å²) in [5.74, 6) is -1.26. The van der Waals surface area contributed by atoms with Crippen LogP contribution in [0.2, 0.25) is 0 Å². The highest BCUT2D eigenvalue weighted by molar-refractivity contribution is 5.82. The maximum Gasteiger partial charge on any atom is 0.306 e. The number of aliphatic carboxylic acids is 1. The molecule has 2 amide bonds. The normalized spacial score (nSPS) is 21.8. The van der Waals surface area contributed by atoms with Gasteiger partial charge in [-0.3, -0.25) is 14.4 Å². The van der Waals surface area contributed by atoms with Crippen LogP contribution < -0.4 is 10.6 Å². The molecule has 1 fully saturated rings. The van der Waals surface area contributed by atoms with Gasteiger partial charge in [0.2, 0.25) is 11.8 Å². The van der Waals surface area contributed by atoms with E-state index < -0.39 is 11.9 Å². The Hall–Kier alpha value is -1.59. The zero-order valence-corrected chi connectivity index (χ0v) is 12.1. The van der Waals surface area contributed by atoms with Gasteiger partial charge in [0.1, 0.15) is 0 Å². The Labute approximate surface area is 119 Å². The van der Waals surface area contributed by atoms with Gasteiger partial charge in [-0.15, -0.1) is 0 Å². The molecule has 3 N–H and O–H groups in total. The van der Waals surface area contributed by atoms with Crippen molar-refractivity contribution in [2.24, 2.45) is 17.8 Å². The Balaban J connectivity index is 2.18. The molecule has 0 aromatic heterocycles. The second-order valence-electron chi connectivity index (χ2n) is 5.78. The average molecular weight is 284 g/mol. The van der Waals surface area contributed by atoms with Gasteiger partial charge in [0.15, 0.2) is 0 Å². The fourth-order valence-corrected chi connectivity index (χ4v) is 2.29. The van der Waals surface area contributed by atoms with Crippen LogP contribution in [-0.2, 0) is 14.4 Å². The van der Waals surface area contributed by atoms with Crippen molar-refractivity contribution < 1.29 is 19.5 Å². The summed E-state index contributed by atoms with van der Waals surface area (Å²) in [6, 6.07) is 0. The molecule has 1 aliphatic carbocycles. The number of hydrogen-bond donors (Lipinski definition) is 3. The summed E-state index contributed by atoms with van der Waals surface area (Å²) >= 11 is 0. The summed E-state index contributed by atoms with van der Waals surface area (Å²) < 4.78 is 0. The molecule has 0 radical (unpaired) electrons. The number of carboxylic acid groups (broad SMARTS) is 1. The molecule has 0 spiro atoms. The third kappa shape index (κ3) is 5.59. The van der Waals surface area contributed by atoms with Crippen LogP contribution in [0.5, 0.6) is 0 Å². The minimum Gasteiger partial charge on any atom is -0.481 e. The Bertz CT molecular complexity index is 368. The molecule has 0 saturated heterocycles. The van der Waals surface area contributed by atoms with Gasteiger partial charge in [0, 0.05) is 25.4 Å². The van der Waals surface area contributed by atoms with Crippen molar-refractivity contribution in [2.45, 2.75) is 39.5 Å². The van der Waals surface area contributed by atoms with E-state index >= 15 is 0 Å². The maximum absolute atomic E-state index is 11.8. The minimum atomic E-state index is -0.826. The minimum absolute atomic E-state index is 0.0752. The largest absolute Gasteiger partial charge is 0.481 e. The topological polar surface area (TPSA) is 95.5 Å². The average Bonchev–Trinajstić information content (AvgIpc) is 2.86. The van der Waals surface area contributed by atoms with Crippen LogP contribution in [0.4, 0.5) is 0 Å². The molecule has 0 aliphatic heterocycles. The summed E-state index contributed by atoms with van der Waals surface area (Å²) in [6.07, 6.45) is 1.83. The Morgan fingerprint density at radius 3 is 2.35 bits per heavy atom. The molecule has 6 nitrogen and oxygen atoms in total. The number of carbonyl (C=O) groups excluding carboxylic acids is 2. The lowest BCUT2D eigenvalue weighted by molar-refractivity contribution is -0.141.